The highest BCUT2D eigenvalue weighted by molar-refractivity contribution is 5.73. The van der Waals surface area contributed by atoms with Gasteiger partial charge in [0.15, 0.2) is 0 Å². The summed E-state index contributed by atoms with van der Waals surface area (Å²) in [6, 6.07) is 7.92. The monoisotopic (exact) mass is 195 g/mol. The zero-order chi connectivity index (χ0) is 10.6. The Kier molecular flexibility index (Phi) is 3.62. The summed E-state index contributed by atoms with van der Waals surface area (Å²) in [5.74, 6) is -1.19. The summed E-state index contributed by atoms with van der Waals surface area (Å²) in [4.78, 5) is 10.4. The smallest absolute Gasteiger partial charge is 0.323 e. The highest BCUT2D eigenvalue weighted by Crippen LogP contribution is 2.04. The van der Waals surface area contributed by atoms with Crippen LogP contribution in [0.1, 0.15) is 5.56 Å². The van der Waals surface area contributed by atoms with Crippen LogP contribution in [0, 0.1) is 0 Å². The van der Waals surface area contributed by atoms with Crippen molar-refractivity contribution in [3.8, 4) is 0 Å². The van der Waals surface area contributed by atoms with Gasteiger partial charge in [-0.05, 0) is 5.56 Å². The molecule has 4 nitrogen and oxygen atoms in total. The molecule has 0 radical (unpaired) electrons. The molecule has 0 heterocycles. The van der Waals surface area contributed by atoms with Gasteiger partial charge in [-0.1, -0.05) is 30.3 Å². The number of aliphatic hydroxyl groups excluding tert-OH is 1. The second-order valence-corrected chi connectivity index (χ2v) is 3.12. The Morgan fingerprint density at radius 1 is 1.36 bits per heavy atom. The summed E-state index contributed by atoms with van der Waals surface area (Å²) in [6.07, 6.45) is -0.788. The number of carboxylic acid groups (broad SMARTS) is 1. The second kappa shape index (κ2) is 4.74. The zero-order valence-corrected chi connectivity index (χ0v) is 7.63. The molecule has 0 spiro atoms. The molecule has 0 aliphatic rings. The average Bonchev–Trinajstić information content (AvgIpc) is 2.18. The van der Waals surface area contributed by atoms with Crippen LogP contribution in [-0.4, -0.2) is 28.3 Å². The van der Waals surface area contributed by atoms with Crippen molar-refractivity contribution in [2.24, 2.45) is 5.73 Å². The number of nitrogens with two attached hydrogens (primary N) is 1. The summed E-state index contributed by atoms with van der Waals surface area (Å²) < 4.78 is 0. The Bertz CT molecular complexity index is 299. The minimum Gasteiger partial charge on any atom is -0.480 e. The fourth-order valence-corrected chi connectivity index (χ4v) is 1.15. The number of hydrogen-bond acceptors (Lipinski definition) is 3. The van der Waals surface area contributed by atoms with Crippen molar-refractivity contribution in [2.75, 3.05) is 0 Å². The lowest BCUT2D eigenvalue weighted by atomic mass is 10.0. The van der Waals surface area contributed by atoms with Gasteiger partial charge in [-0.15, -0.1) is 0 Å². The molecule has 0 saturated heterocycles. The van der Waals surface area contributed by atoms with Gasteiger partial charge in [0.05, 0.1) is 6.10 Å². The van der Waals surface area contributed by atoms with Crippen molar-refractivity contribution in [2.45, 2.75) is 18.6 Å². The molecule has 2 atom stereocenters. The number of aliphatic carboxylic acids is 1. The maximum atomic E-state index is 10.4. The molecular weight excluding hydrogens is 182 g/mol. The van der Waals surface area contributed by atoms with E-state index in [0.717, 1.165) is 5.56 Å². The van der Waals surface area contributed by atoms with E-state index in [-0.39, 0.29) is 6.42 Å². The normalized spacial score (nSPS) is 14.7. The summed E-state index contributed by atoms with van der Waals surface area (Å²) in [5.41, 5.74) is 6.13. The van der Waals surface area contributed by atoms with Gasteiger partial charge >= 0.3 is 5.97 Å². The summed E-state index contributed by atoms with van der Waals surface area (Å²) >= 11 is 0. The van der Waals surface area contributed by atoms with E-state index in [4.69, 9.17) is 10.8 Å². The molecule has 76 valence electrons. The molecule has 0 aliphatic heterocycles. The molecule has 4 heteroatoms. The number of benzene rings is 1. The number of aliphatic hydroxyl groups is 1. The van der Waals surface area contributed by atoms with Crippen LogP contribution in [0.25, 0.3) is 0 Å². The predicted molar refractivity (Wildman–Crippen MR) is 51.8 cm³/mol. The van der Waals surface area contributed by atoms with Crippen LogP contribution in [0.4, 0.5) is 0 Å². The van der Waals surface area contributed by atoms with E-state index >= 15 is 0 Å². The Hall–Kier alpha value is -1.39. The molecular formula is C10H13NO3. The molecule has 0 aliphatic carbocycles. The fraction of sp³-hybridized carbons (Fsp3) is 0.300. The van der Waals surface area contributed by atoms with Crippen LogP contribution in [0.3, 0.4) is 0 Å². The largest absolute Gasteiger partial charge is 0.480 e. The van der Waals surface area contributed by atoms with Gasteiger partial charge in [0.1, 0.15) is 6.04 Å². The van der Waals surface area contributed by atoms with E-state index in [0.29, 0.717) is 0 Å². The molecule has 4 N–H and O–H groups in total. The Balaban J connectivity index is 2.57. The third kappa shape index (κ3) is 2.83. The molecule has 2 unspecified atom stereocenters. The van der Waals surface area contributed by atoms with Crippen molar-refractivity contribution >= 4 is 5.97 Å². The van der Waals surface area contributed by atoms with Crippen molar-refractivity contribution < 1.29 is 15.0 Å². The molecule has 0 saturated carbocycles. The first-order valence-corrected chi connectivity index (χ1v) is 4.31. The maximum Gasteiger partial charge on any atom is 0.323 e. The van der Waals surface area contributed by atoms with Crippen LogP contribution in [-0.2, 0) is 11.2 Å². The summed E-state index contributed by atoms with van der Waals surface area (Å²) in [7, 11) is 0. The van der Waals surface area contributed by atoms with Gasteiger partial charge in [0.25, 0.3) is 0 Å². The topological polar surface area (TPSA) is 83.6 Å². The molecule has 0 amide bonds. The van der Waals surface area contributed by atoms with E-state index in [1.54, 1.807) is 0 Å². The minimum atomic E-state index is -1.23. The van der Waals surface area contributed by atoms with Crippen LogP contribution in [0.15, 0.2) is 30.3 Å². The SMILES string of the molecule is NC(C(=O)O)C(O)Cc1ccccc1. The molecule has 14 heavy (non-hydrogen) atoms. The van der Waals surface area contributed by atoms with Crippen LogP contribution in [0.5, 0.6) is 0 Å². The highest BCUT2D eigenvalue weighted by atomic mass is 16.4. The fourth-order valence-electron chi connectivity index (χ4n) is 1.15. The van der Waals surface area contributed by atoms with Gasteiger partial charge in [-0.3, -0.25) is 4.79 Å². The molecule has 1 rings (SSSR count). The van der Waals surface area contributed by atoms with Crippen molar-refractivity contribution in [3.05, 3.63) is 35.9 Å². The number of carbonyl (C=O) groups is 1. The quantitative estimate of drug-likeness (QED) is 0.631. The van der Waals surface area contributed by atoms with Crippen molar-refractivity contribution in [3.63, 3.8) is 0 Å². The third-order valence-corrected chi connectivity index (χ3v) is 1.99. The number of carboxylic acids is 1. The van der Waals surface area contributed by atoms with E-state index in [9.17, 15) is 9.90 Å². The zero-order valence-electron chi connectivity index (χ0n) is 7.63. The molecule has 0 bridgehead atoms. The highest BCUT2D eigenvalue weighted by Gasteiger charge is 2.21. The maximum absolute atomic E-state index is 10.4. The summed E-state index contributed by atoms with van der Waals surface area (Å²) in [5, 5.41) is 18.0. The molecule has 1 aromatic rings. The van der Waals surface area contributed by atoms with Gasteiger partial charge in [-0.25, -0.2) is 0 Å². The van der Waals surface area contributed by atoms with Crippen LogP contribution in [0.2, 0.25) is 0 Å². The first-order valence-electron chi connectivity index (χ1n) is 4.31. The Labute approximate surface area is 82.0 Å². The third-order valence-electron chi connectivity index (χ3n) is 1.99. The van der Waals surface area contributed by atoms with Gasteiger partial charge in [0, 0.05) is 6.42 Å². The second-order valence-electron chi connectivity index (χ2n) is 3.12. The number of rotatable bonds is 4. The van der Waals surface area contributed by atoms with E-state index < -0.39 is 18.1 Å². The Morgan fingerprint density at radius 3 is 2.43 bits per heavy atom. The van der Waals surface area contributed by atoms with Crippen LogP contribution < -0.4 is 5.73 Å². The lowest BCUT2D eigenvalue weighted by Gasteiger charge is -2.14. The standard InChI is InChI=1S/C10H13NO3/c11-9(10(13)14)8(12)6-7-4-2-1-3-5-7/h1-5,8-9,12H,6,11H2,(H,13,14). The van der Waals surface area contributed by atoms with Crippen LogP contribution >= 0.6 is 0 Å². The Morgan fingerprint density at radius 2 is 1.93 bits per heavy atom. The lowest BCUT2D eigenvalue weighted by Crippen LogP contribution is -2.42. The van der Waals surface area contributed by atoms with Gasteiger partial charge in [-0.2, -0.15) is 0 Å². The van der Waals surface area contributed by atoms with Crippen molar-refractivity contribution in [1.29, 1.82) is 0 Å². The minimum absolute atomic E-state index is 0.258. The van der Waals surface area contributed by atoms with Gasteiger partial charge in [0.2, 0.25) is 0 Å². The molecule has 0 aromatic heterocycles. The van der Waals surface area contributed by atoms with E-state index in [1.807, 2.05) is 30.3 Å². The first kappa shape index (κ1) is 10.7. The molecule has 1 aromatic carbocycles. The summed E-state index contributed by atoms with van der Waals surface area (Å²) in [6.45, 7) is 0. The van der Waals surface area contributed by atoms with E-state index in [1.165, 1.54) is 0 Å². The van der Waals surface area contributed by atoms with E-state index in [2.05, 4.69) is 0 Å². The molecule has 0 fully saturated rings. The first-order chi connectivity index (χ1) is 6.61. The average molecular weight is 195 g/mol. The number of hydrogen-bond donors (Lipinski definition) is 3. The van der Waals surface area contributed by atoms with Crippen molar-refractivity contribution in [1.82, 2.24) is 0 Å². The predicted octanol–water partition coefficient (Wildman–Crippen LogP) is 0.00190. The van der Waals surface area contributed by atoms with Gasteiger partial charge < -0.3 is 15.9 Å². The lowest BCUT2D eigenvalue weighted by molar-refractivity contribution is -0.141.